The lowest BCUT2D eigenvalue weighted by molar-refractivity contribution is 1.19. The highest BCUT2D eigenvalue weighted by molar-refractivity contribution is 9.10. The van der Waals surface area contributed by atoms with Gasteiger partial charge in [-0.15, -0.1) is 0 Å². The third-order valence-electron chi connectivity index (χ3n) is 1.87. The summed E-state index contributed by atoms with van der Waals surface area (Å²) in [5.74, 6) is 0. The van der Waals surface area contributed by atoms with Crippen molar-refractivity contribution in [2.45, 2.75) is 6.92 Å². The maximum atomic E-state index is 5.89. The second-order valence-corrected chi connectivity index (χ2v) is 4.11. The van der Waals surface area contributed by atoms with E-state index in [1.165, 1.54) is 0 Å². The molecule has 2 rings (SSSR count). The number of pyridine rings is 1. The van der Waals surface area contributed by atoms with Crippen molar-refractivity contribution >= 4 is 38.3 Å². The van der Waals surface area contributed by atoms with Gasteiger partial charge >= 0.3 is 0 Å². The van der Waals surface area contributed by atoms with Crippen LogP contribution in [-0.2, 0) is 0 Å². The van der Waals surface area contributed by atoms with E-state index in [0.29, 0.717) is 0 Å². The first kappa shape index (κ1) is 8.97. The monoisotopic (exact) mass is 255 g/mol. The van der Waals surface area contributed by atoms with Gasteiger partial charge in [0.25, 0.3) is 0 Å². The molecule has 0 aliphatic heterocycles. The number of benzene rings is 1. The predicted octanol–water partition coefficient (Wildman–Crippen LogP) is 3.96. The van der Waals surface area contributed by atoms with E-state index in [1.807, 2.05) is 31.2 Å². The van der Waals surface area contributed by atoms with E-state index >= 15 is 0 Å². The average Bonchev–Trinajstić information content (AvgIpc) is 2.02. The summed E-state index contributed by atoms with van der Waals surface area (Å²) >= 11 is 9.31. The van der Waals surface area contributed by atoms with Crippen molar-refractivity contribution in [1.29, 1.82) is 0 Å². The maximum Gasteiger partial charge on any atom is 0.114 e. The third-order valence-corrected chi connectivity index (χ3v) is 2.71. The van der Waals surface area contributed by atoms with Crippen molar-refractivity contribution in [2.24, 2.45) is 0 Å². The summed E-state index contributed by atoms with van der Waals surface area (Å²) < 4.78 is 0.874. The van der Waals surface area contributed by atoms with E-state index in [1.54, 1.807) is 0 Å². The molecule has 1 aromatic heterocycles. The molecule has 13 heavy (non-hydrogen) atoms. The van der Waals surface area contributed by atoms with Gasteiger partial charge in [-0.2, -0.15) is 0 Å². The summed E-state index contributed by atoms with van der Waals surface area (Å²) in [6.45, 7) is 1.96. The van der Waals surface area contributed by atoms with Crippen molar-refractivity contribution in [3.8, 4) is 0 Å². The fraction of sp³-hybridized carbons (Fsp3) is 0.100. The standard InChI is InChI=1S/C10H7BrClN/c1-6-4-7-5-8(12)2-3-9(7)10(11)13-6/h2-5H,1H3. The Morgan fingerprint density at radius 2 is 2.08 bits per heavy atom. The van der Waals surface area contributed by atoms with Gasteiger partial charge in [0.2, 0.25) is 0 Å². The lowest BCUT2D eigenvalue weighted by Gasteiger charge is -2.01. The number of rotatable bonds is 0. The summed E-state index contributed by atoms with van der Waals surface area (Å²) in [7, 11) is 0. The van der Waals surface area contributed by atoms with Crippen LogP contribution in [0.1, 0.15) is 5.69 Å². The Labute approximate surface area is 89.9 Å². The van der Waals surface area contributed by atoms with Crippen LogP contribution in [0.15, 0.2) is 28.9 Å². The Morgan fingerprint density at radius 3 is 2.85 bits per heavy atom. The molecule has 2 aromatic rings. The van der Waals surface area contributed by atoms with Crippen LogP contribution in [0.2, 0.25) is 5.02 Å². The van der Waals surface area contributed by atoms with E-state index in [-0.39, 0.29) is 0 Å². The highest BCUT2D eigenvalue weighted by Crippen LogP contribution is 2.25. The third kappa shape index (κ3) is 1.69. The molecule has 0 bridgehead atoms. The molecule has 0 saturated heterocycles. The number of aryl methyl sites for hydroxylation is 1. The molecule has 3 heteroatoms. The summed E-state index contributed by atoms with van der Waals surface area (Å²) in [6, 6.07) is 7.79. The van der Waals surface area contributed by atoms with Gasteiger partial charge in [-0.05, 0) is 46.4 Å². The Hall–Kier alpha value is -0.600. The van der Waals surface area contributed by atoms with Gasteiger partial charge in [0.1, 0.15) is 4.60 Å². The molecule has 1 heterocycles. The second kappa shape index (κ2) is 3.28. The van der Waals surface area contributed by atoms with Gasteiger partial charge in [0, 0.05) is 16.1 Å². The smallest absolute Gasteiger partial charge is 0.114 e. The van der Waals surface area contributed by atoms with E-state index in [9.17, 15) is 0 Å². The summed E-state index contributed by atoms with van der Waals surface area (Å²) in [4.78, 5) is 4.31. The minimum Gasteiger partial charge on any atom is -0.246 e. The van der Waals surface area contributed by atoms with E-state index in [4.69, 9.17) is 11.6 Å². The maximum absolute atomic E-state index is 5.89. The van der Waals surface area contributed by atoms with Crippen LogP contribution in [0.5, 0.6) is 0 Å². The number of aromatic nitrogens is 1. The molecular formula is C10H7BrClN. The van der Waals surface area contributed by atoms with Gasteiger partial charge < -0.3 is 0 Å². The van der Waals surface area contributed by atoms with Crippen LogP contribution in [0.25, 0.3) is 10.8 Å². The van der Waals surface area contributed by atoms with Gasteiger partial charge in [0.15, 0.2) is 0 Å². The second-order valence-electron chi connectivity index (χ2n) is 2.92. The molecule has 0 radical (unpaired) electrons. The Balaban J connectivity index is 2.86. The fourth-order valence-corrected chi connectivity index (χ4v) is 2.13. The zero-order valence-corrected chi connectivity index (χ0v) is 9.35. The van der Waals surface area contributed by atoms with Gasteiger partial charge in [-0.1, -0.05) is 17.7 Å². The Bertz CT molecular complexity index is 462. The number of halogens is 2. The molecule has 0 aliphatic carbocycles. The van der Waals surface area contributed by atoms with Gasteiger partial charge in [-0.25, -0.2) is 4.98 Å². The molecule has 66 valence electrons. The molecule has 0 unspecified atom stereocenters. The topological polar surface area (TPSA) is 12.9 Å². The van der Waals surface area contributed by atoms with E-state index in [0.717, 1.165) is 26.1 Å². The number of hydrogen-bond acceptors (Lipinski definition) is 1. The summed E-state index contributed by atoms with van der Waals surface area (Å²) in [6.07, 6.45) is 0. The zero-order chi connectivity index (χ0) is 9.42. The molecular weight excluding hydrogens is 249 g/mol. The molecule has 0 amide bonds. The molecule has 1 nitrogen and oxygen atoms in total. The van der Waals surface area contributed by atoms with Crippen LogP contribution in [0.3, 0.4) is 0 Å². The first-order valence-electron chi connectivity index (χ1n) is 3.89. The summed E-state index contributed by atoms with van der Waals surface area (Å²) in [5, 5.41) is 2.96. The molecule has 0 fully saturated rings. The summed E-state index contributed by atoms with van der Waals surface area (Å²) in [5.41, 5.74) is 0.988. The number of nitrogens with zero attached hydrogens (tertiary/aromatic N) is 1. The average molecular weight is 257 g/mol. The first-order valence-corrected chi connectivity index (χ1v) is 5.06. The van der Waals surface area contributed by atoms with Crippen LogP contribution >= 0.6 is 27.5 Å². The van der Waals surface area contributed by atoms with E-state index in [2.05, 4.69) is 20.9 Å². The zero-order valence-electron chi connectivity index (χ0n) is 7.01. The molecule has 0 N–H and O–H groups in total. The van der Waals surface area contributed by atoms with Crippen molar-refractivity contribution in [3.05, 3.63) is 39.6 Å². The number of fused-ring (bicyclic) bond motifs is 1. The SMILES string of the molecule is Cc1cc2cc(Cl)ccc2c(Br)n1. The quantitative estimate of drug-likeness (QED) is 0.650. The minimum absolute atomic E-state index is 0.755. The molecule has 1 aromatic carbocycles. The van der Waals surface area contributed by atoms with Gasteiger partial charge in [0.05, 0.1) is 0 Å². The van der Waals surface area contributed by atoms with Crippen molar-refractivity contribution in [2.75, 3.05) is 0 Å². The molecule has 0 atom stereocenters. The molecule has 0 saturated carbocycles. The van der Waals surface area contributed by atoms with Crippen LogP contribution in [0.4, 0.5) is 0 Å². The van der Waals surface area contributed by atoms with Crippen molar-refractivity contribution in [3.63, 3.8) is 0 Å². The van der Waals surface area contributed by atoms with Crippen LogP contribution in [-0.4, -0.2) is 4.98 Å². The normalized spacial score (nSPS) is 10.7. The predicted molar refractivity (Wildman–Crippen MR) is 59.2 cm³/mol. The number of hydrogen-bond donors (Lipinski definition) is 0. The van der Waals surface area contributed by atoms with Crippen LogP contribution in [0, 0.1) is 6.92 Å². The highest BCUT2D eigenvalue weighted by atomic mass is 79.9. The lowest BCUT2D eigenvalue weighted by atomic mass is 10.1. The molecule has 0 aliphatic rings. The van der Waals surface area contributed by atoms with Crippen LogP contribution < -0.4 is 0 Å². The van der Waals surface area contributed by atoms with E-state index < -0.39 is 0 Å². The fourth-order valence-electron chi connectivity index (χ4n) is 1.31. The minimum atomic E-state index is 0.755. The first-order chi connectivity index (χ1) is 6.16. The Kier molecular flexibility index (Phi) is 2.26. The van der Waals surface area contributed by atoms with Crippen molar-refractivity contribution < 1.29 is 0 Å². The molecule has 0 spiro atoms. The lowest BCUT2D eigenvalue weighted by Crippen LogP contribution is -1.84. The van der Waals surface area contributed by atoms with Gasteiger partial charge in [-0.3, -0.25) is 0 Å². The van der Waals surface area contributed by atoms with Crippen molar-refractivity contribution in [1.82, 2.24) is 4.98 Å². The highest BCUT2D eigenvalue weighted by Gasteiger charge is 2.01. The Morgan fingerprint density at radius 1 is 1.31 bits per heavy atom. The largest absolute Gasteiger partial charge is 0.246 e.